The summed E-state index contributed by atoms with van der Waals surface area (Å²) in [5.41, 5.74) is 1.29. The van der Waals surface area contributed by atoms with Crippen molar-refractivity contribution in [2.45, 2.75) is 38.8 Å². The first-order valence-electron chi connectivity index (χ1n) is 5.79. The second kappa shape index (κ2) is 4.95. The quantitative estimate of drug-likeness (QED) is 0.841. The predicted molar refractivity (Wildman–Crippen MR) is 62.9 cm³/mol. The van der Waals surface area contributed by atoms with Crippen molar-refractivity contribution in [2.75, 3.05) is 6.61 Å². The van der Waals surface area contributed by atoms with Crippen molar-refractivity contribution in [3.63, 3.8) is 0 Å². The molecule has 1 aliphatic heterocycles. The number of ether oxygens (including phenoxy) is 1. The van der Waals surface area contributed by atoms with Gasteiger partial charge in [-0.1, -0.05) is 30.3 Å². The fourth-order valence-electron chi connectivity index (χ4n) is 2.28. The summed E-state index contributed by atoms with van der Waals surface area (Å²) in [6.45, 7) is 4.76. The average molecular weight is 221 g/mol. The van der Waals surface area contributed by atoms with Crippen molar-refractivity contribution in [2.24, 2.45) is 0 Å². The third kappa shape index (κ3) is 2.43. The summed E-state index contributed by atoms with van der Waals surface area (Å²) in [4.78, 5) is 2.02. The van der Waals surface area contributed by atoms with E-state index in [0.717, 1.165) is 6.42 Å². The van der Waals surface area contributed by atoms with Gasteiger partial charge in [0.15, 0.2) is 0 Å². The summed E-state index contributed by atoms with van der Waals surface area (Å²) in [6, 6.07) is 10.9. The van der Waals surface area contributed by atoms with Gasteiger partial charge in [0.05, 0.1) is 6.61 Å². The molecule has 0 bridgehead atoms. The Morgan fingerprint density at radius 1 is 1.38 bits per heavy atom. The molecule has 1 aliphatic rings. The van der Waals surface area contributed by atoms with Crippen LogP contribution in [0.1, 0.15) is 19.4 Å². The topological polar surface area (TPSA) is 32.7 Å². The summed E-state index contributed by atoms with van der Waals surface area (Å²) >= 11 is 0. The minimum atomic E-state index is -0.742. The van der Waals surface area contributed by atoms with Crippen LogP contribution in [0.3, 0.4) is 0 Å². The Hall–Kier alpha value is -0.900. The van der Waals surface area contributed by atoms with Crippen molar-refractivity contribution < 1.29 is 9.84 Å². The Kier molecular flexibility index (Phi) is 3.59. The molecule has 1 fully saturated rings. The van der Waals surface area contributed by atoms with Gasteiger partial charge in [0.25, 0.3) is 0 Å². The molecule has 2 rings (SSSR count). The zero-order valence-corrected chi connectivity index (χ0v) is 9.84. The number of nitrogens with zero attached hydrogens (tertiary/aromatic N) is 1. The van der Waals surface area contributed by atoms with Gasteiger partial charge >= 0.3 is 0 Å². The van der Waals surface area contributed by atoms with Crippen LogP contribution in [0.15, 0.2) is 30.3 Å². The molecular formula is C13H19NO2. The number of hydrogen-bond acceptors (Lipinski definition) is 3. The molecule has 0 amide bonds. The molecule has 1 heterocycles. The summed E-state index contributed by atoms with van der Waals surface area (Å²) in [5.74, 6) is 0. The van der Waals surface area contributed by atoms with Crippen molar-refractivity contribution in [1.29, 1.82) is 0 Å². The average Bonchev–Trinajstić information content (AvgIpc) is 2.61. The highest BCUT2D eigenvalue weighted by Crippen LogP contribution is 2.21. The fourth-order valence-corrected chi connectivity index (χ4v) is 2.28. The summed E-state index contributed by atoms with van der Waals surface area (Å²) in [7, 11) is 0. The number of rotatable bonds is 3. The van der Waals surface area contributed by atoms with Crippen LogP contribution in [0.5, 0.6) is 0 Å². The molecule has 1 aromatic carbocycles. The van der Waals surface area contributed by atoms with Crippen LogP contribution in [0, 0.1) is 0 Å². The normalized spacial score (nSPS) is 26.5. The van der Waals surface area contributed by atoms with Crippen molar-refractivity contribution in [3.8, 4) is 0 Å². The van der Waals surface area contributed by atoms with E-state index in [4.69, 9.17) is 4.74 Å². The molecule has 16 heavy (non-hydrogen) atoms. The van der Waals surface area contributed by atoms with Gasteiger partial charge in [-0.15, -0.1) is 0 Å². The molecule has 1 saturated heterocycles. The minimum Gasteiger partial charge on any atom is -0.356 e. The van der Waals surface area contributed by atoms with E-state index in [1.54, 1.807) is 0 Å². The molecule has 0 saturated carbocycles. The zero-order chi connectivity index (χ0) is 11.5. The Bertz CT molecular complexity index is 326. The lowest BCUT2D eigenvalue weighted by Crippen LogP contribution is -2.43. The van der Waals surface area contributed by atoms with Gasteiger partial charge in [0.1, 0.15) is 0 Å². The molecule has 0 aliphatic carbocycles. The molecule has 1 N–H and O–H groups in total. The molecule has 0 spiro atoms. The smallest absolute Gasteiger partial charge is 0.216 e. The monoisotopic (exact) mass is 221 g/mol. The molecule has 1 unspecified atom stereocenters. The number of hydrogen-bond donors (Lipinski definition) is 1. The van der Waals surface area contributed by atoms with Crippen LogP contribution in [0.2, 0.25) is 0 Å². The van der Waals surface area contributed by atoms with Crippen LogP contribution < -0.4 is 0 Å². The largest absolute Gasteiger partial charge is 0.356 e. The Morgan fingerprint density at radius 2 is 2.06 bits per heavy atom. The lowest BCUT2D eigenvalue weighted by molar-refractivity contribution is -0.145. The van der Waals surface area contributed by atoms with Gasteiger partial charge in [-0.05, 0) is 25.8 Å². The molecular weight excluding hydrogens is 202 g/mol. The maximum Gasteiger partial charge on any atom is 0.216 e. The van der Waals surface area contributed by atoms with Crippen LogP contribution in [-0.4, -0.2) is 35.1 Å². The van der Waals surface area contributed by atoms with E-state index < -0.39 is 6.41 Å². The Balaban J connectivity index is 2.05. The maximum absolute atomic E-state index is 9.71. The molecule has 3 heteroatoms. The first-order valence-corrected chi connectivity index (χ1v) is 5.79. The van der Waals surface area contributed by atoms with E-state index in [2.05, 4.69) is 26.0 Å². The summed E-state index contributed by atoms with van der Waals surface area (Å²) in [6.07, 6.45) is 0.185. The Labute approximate surface area is 96.6 Å². The second-order valence-electron chi connectivity index (χ2n) is 4.54. The van der Waals surface area contributed by atoms with Gasteiger partial charge in [0, 0.05) is 12.1 Å². The molecule has 0 aromatic heterocycles. The molecule has 88 valence electrons. The van der Waals surface area contributed by atoms with Crippen LogP contribution in [0.25, 0.3) is 0 Å². The van der Waals surface area contributed by atoms with Gasteiger partial charge in [0.2, 0.25) is 6.41 Å². The van der Waals surface area contributed by atoms with Crippen molar-refractivity contribution in [1.82, 2.24) is 4.90 Å². The number of aliphatic hydroxyl groups is 1. The van der Waals surface area contributed by atoms with E-state index in [1.165, 1.54) is 5.56 Å². The van der Waals surface area contributed by atoms with E-state index in [-0.39, 0.29) is 6.04 Å². The molecule has 0 radical (unpaired) electrons. The number of benzene rings is 1. The number of aliphatic hydroxyl groups excluding tert-OH is 1. The predicted octanol–water partition coefficient (Wildman–Crippen LogP) is 1.61. The molecule has 3 nitrogen and oxygen atoms in total. The maximum atomic E-state index is 9.71. The van der Waals surface area contributed by atoms with Gasteiger partial charge in [-0.3, -0.25) is 0 Å². The highest BCUT2D eigenvalue weighted by Gasteiger charge is 2.34. The van der Waals surface area contributed by atoms with Gasteiger partial charge in [-0.25, -0.2) is 4.90 Å². The summed E-state index contributed by atoms with van der Waals surface area (Å²) < 4.78 is 5.29. The third-order valence-electron chi connectivity index (χ3n) is 3.02. The fraction of sp³-hybridized carbons (Fsp3) is 0.538. The SMILES string of the molecule is CC(C)N1C(Cc2ccccc2)CO[C@@H]1O. The second-order valence-corrected chi connectivity index (χ2v) is 4.54. The first-order chi connectivity index (χ1) is 7.68. The standard InChI is InChI=1S/C13H19NO2/c1-10(2)14-12(9-16-13(14)15)8-11-6-4-3-5-7-11/h3-7,10,12-13,15H,8-9H2,1-2H3/t12?,13-/m0/s1. The summed E-state index contributed by atoms with van der Waals surface area (Å²) in [5, 5.41) is 9.71. The lowest BCUT2D eigenvalue weighted by Gasteiger charge is -2.28. The zero-order valence-electron chi connectivity index (χ0n) is 9.84. The lowest BCUT2D eigenvalue weighted by atomic mass is 10.1. The third-order valence-corrected chi connectivity index (χ3v) is 3.02. The van der Waals surface area contributed by atoms with Gasteiger partial charge in [-0.2, -0.15) is 0 Å². The van der Waals surface area contributed by atoms with Crippen LogP contribution in [-0.2, 0) is 11.2 Å². The van der Waals surface area contributed by atoms with Crippen molar-refractivity contribution in [3.05, 3.63) is 35.9 Å². The highest BCUT2D eigenvalue weighted by molar-refractivity contribution is 5.16. The van der Waals surface area contributed by atoms with E-state index >= 15 is 0 Å². The Morgan fingerprint density at radius 3 is 2.69 bits per heavy atom. The van der Waals surface area contributed by atoms with Crippen LogP contribution >= 0.6 is 0 Å². The van der Waals surface area contributed by atoms with E-state index in [0.29, 0.717) is 12.6 Å². The first kappa shape index (κ1) is 11.6. The molecule has 2 atom stereocenters. The van der Waals surface area contributed by atoms with E-state index in [1.807, 2.05) is 23.1 Å². The van der Waals surface area contributed by atoms with E-state index in [9.17, 15) is 5.11 Å². The highest BCUT2D eigenvalue weighted by atomic mass is 16.6. The minimum absolute atomic E-state index is 0.275. The van der Waals surface area contributed by atoms with Crippen LogP contribution in [0.4, 0.5) is 0 Å². The molecule has 1 aromatic rings. The van der Waals surface area contributed by atoms with Gasteiger partial charge < -0.3 is 9.84 Å². The van der Waals surface area contributed by atoms with Crippen molar-refractivity contribution >= 4 is 0 Å².